The lowest BCUT2D eigenvalue weighted by Crippen LogP contribution is -2.56. The van der Waals surface area contributed by atoms with E-state index in [9.17, 15) is 45.3 Å². The van der Waals surface area contributed by atoms with Crippen LogP contribution in [-0.2, 0) is 14.3 Å². The molecule has 14 nitrogen and oxygen atoms in total. The van der Waals surface area contributed by atoms with Crippen molar-refractivity contribution >= 4 is 23.0 Å². The van der Waals surface area contributed by atoms with Crippen LogP contribution >= 0.6 is 0 Å². The molecule has 1 aliphatic heterocycles. The molecule has 4 aromatic rings. The normalized spacial score (nSPS) is 21.4. The molecule has 242 valence electrons. The van der Waals surface area contributed by atoms with Gasteiger partial charge in [-0.2, -0.15) is 0 Å². The second kappa shape index (κ2) is 13.0. The van der Waals surface area contributed by atoms with E-state index in [4.69, 9.17) is 23.4 Å². The number of aliphatic hydroxyl groups excluding tert-OH is 3. The van der Waals surface area contributed by atoms with Crippen molar-refractivity contribution < 1.29 is 63.9 Å². The first-order chi connectivity index (χ1) is 22.0. The summed E-state index contributed by atoms with van der Waals surface area (Å²) in [6.07, 6.45) is -6.20. The van der Waals surface area contributed by atoms with Crippen molar-refractivity contribution in [3.05, 3.63) is 76.0 Å². The van der Waals surface area contributed by atoms with Gasteiger partial charge < -0.3 is 59.1 Å². The molecule has 0 bridgehead atoms. The summed E-state index contributed by atoms with van der Waals surface area (Å²) >= 11 is 0. The molecule has 46 heavy (non-hydrogen) atoms. The molecule has 1 saturated heterocycles. The van der Waals surface area contributed by atoms with Gasteiger partial charge in [-0.15, -0.1) is 0 Å². The molecule has 5 rings (SSSR count). The van der Waals surface area contributed by atoms with Crippen molar-refractivity contribution in [2.45, 2.75) is 30.5 Å². The summed E-state index contributed by atoms with van der Waals surface area (Å²) in [6.45, 7) is -0.797. The number of aliphatic hydroxyl groups is 3. The number of phenols is 4. The fourth-order valence-corrected chi connectivity index (χ4v) is 5.15. The van der Waals surface area contributed by atoms with Crippen molar-refractivity contribution in [3.63, 3.8) is 0 Å². The molecule has 2 heterocycles. The molecular formula is C32H30O14. The maximum absolute atomic E-state index is 13.3. The minimum atomic E-state index is -1.88. The van der Waals surface area contributed by atoms with E-state index >= 15 is 0 Å². The Morgan fingerprint density at radius 3 is 2.24 bits per heavy atom. The molecule has 5 atom stereocenters. The zero-order valence-electron chi connectivity index (χ0n) is 24.4. The maximum atomic E-state index is 13.3. The lowest BCUT2D eigenvalue weighted by atomic mass is 9.89. The summed E-state index contributed by atoms with van der Waals surface area (Å²) < 4.78 is 27.1. The molecule has 1 aromatic heterocycles. The van der Waals surface area contributed by atoms with Gasteiger partial charge in [0.1, 0.15) is 52.6 Å². The second-order valence-electron chi connectivity index (χ2n) is 10.3. The SMILES string of the molecule is COc1cc(/C=C/C(=O)O[C@@H]2[C@@H](O)[C@H](O)[C@@H](CO)O[C@H]2c2c(O)cc3oc(-c4ccc(O)c(OC)c4)cc(=O)c3c2O)ccc1O. The van der Waals surface area contributed by atoms with Gasteiger partial charge >= 0.3 is 5.97 Å². The monoisotopic (exact) mass is 638 g/mol. The highest BCUT2D eigenvalue weighted by Crippen LogP contribution is 2.46. The van der Waals surface area contributed by atoms with Gasteiger partial charge in [-0.1, -0.05) is 6.07 Å². The van der Waals surface area contributed by atoms with Gasteiger partial charge in [0.15, 0.2) is 34.5 Å². The van der Waals surface area contributed by atoms with Crippen molar-refractivity contribution in [2.24, 2.45) is 0 Å². The number of benzene rings is 3. The summed E-state index contributed by atoms with van der Waals surface area (Å²) in [4.78, 5) is 26.1. The van der Waals surface area contributed by atoms with Crippen LogP contribution in [0.5, 0.6) is 34.5 Å². The molecule has 1 fully saturated rings. The van der Waals surface area contributed by atoms with Gasteiger partial charge in [0.2, 0.25) is 0 Å². The van der Waals surface area contributed by atoms with Gasteiger partial charge in [0, 0.05) is 23.8 Å². The summed E-state index contributed by atoms with van der Waals surface area (Å²) in [5, 5.41) is 72.8. The van der Waals surface area contributed by atoms with Gasteiger partial charge in [-0.05, 0) is 42.0 Å². The van der Waals surface area contributed by atoms with Crippen molar-refractivity contribution in [3.8, 4) is 45.8 Å². The molecule has 0 saturated carbocycles. The summed E-state index contributed by atoms with van der Waals surface area (Å²) in [5.41, 5.74) is -0.706. The van der Waals surface area contributed by atoms with Crippen LogP contribution in [-0.4, -0.2) is 87.0 Å². The highest BCUT2D eigenvalue weighted by Gasteiger charge is 2.49. The number of carbonyl (C=O) groups is 1. The Morgan fingerprint density at radius 2 is 1.57 bits per heavy atom. The highest BCUT2D eigenvalue weighted by molar-refractivity contribution is 5.89. The Labute approximate surface area is 260 Å². The number of hydrogen-bond donors (Lipinski definition) is 7. The lowest BCUT2D eigenvalue weighted by molar-refractivity contribution is -0.240. The molecule has 14 heteroatoms. The Kier molecular flexibility index (Phi) is 9.07. The van der Waals surface area contributed by atoms with Gasteiger partial charge in [0.25, 0.3) is 0 Å². The fraction of sp³-hybridized carbons (Fsp3) is 0.250. The van der Waals surface area contributed by atoms with Gasteiger partial charge in [-0.25, -0.2) is 4.79 Å². The van der Waals surface area contributed by atoms with Crippen LogP contribution < -0.4 is 14.9 Å². The molecular weight excluding hydrogens is 608 g/mol. The third kappa shape index (κ3) is 6.01. The predicted octanol–water partition coefficient (Wildman–Crippen LogP) is 2.08. The number of esters is 1. The number of phenolic OH excluding ortho intramolecular Hbond substituents is 4. The third-order valence-corrected chi connectivity index (χ3v) is 7.49. The van der Waals surface area contributed by atoms with E-state index in [2.05, 4.69) is 0 Å². The van der Waals surface area contributed by atoms with Crippen molar-refractivity contribution in [1.82, 2.24) is 0 Å². The average molecular weight is 639 g/mol. The van der Waals surface area contributed by atoms with E-state index in [0.29, 0.717) is 11.1 Å². The molecule has 0 radical (unpaired) electrons. The Bertz CT molecular complexity index is 1860. The molecule has 7 N–H and O–H groups in total. The van der Waals surface area contributed by atoms with Crippen LogP contribution in [0, 0.1) is 0 Å². The van der Waals surface area contributed by atoms with Crippen LogP contribution in [0.2, 0.25) is 0 Å². The van der Waals surface area contributed by atoms with Crippen molar-refractivity contribution in [2.75, 3.05) is 20.8 Å². The Hall–Kier alpha value is -5.28. The largest absolute Gasteiger partial charge is 0.507 e. The van der Waals surface area contributed by atoms with Crippen LogP contribution in [0.4, 0.5) is 0 Å². The smallest absolute Gasteiger partial charge is 0.331 e. The molecule has 0 amide bonds. The first kappa shape index (κ1) is 32.1. The van der Waals surface area contributed by atoms with Gasteiger partial charge in [-0.3, -0.25) is 4.79 Å². The van der Waals surface area contributed by atoms with Crippen LogP contribution in [0.3, 0.4) is 0 Å². The lowest BCUT2D eigenvalue weighted by Gasteiger charge is -2.42. The van der Waals surface area contributed by atoms with E-state index in [1.54, 1.807) is 0 Å². The standard InChI is InChI=1S/C32H30O14/c1-42-21-9-14(3-6-16(21)34)4-8-25(38)46-32-30(41)28(39)24(13-33)45-31(32)27-19(37)12-23-26(29(27)40)18(36)11-20(44-23)15-5-7-17(35)22(10-15)43-2/h3-12,24,28,30-35,37,39-41H,13H2,1-2H3/b8-4+/t24-,28-,30+,31+,32-/m1/s1. The second-order valence-corrected chi connectivity index (χ2v) is 10.3. The van der Waals surface area contributed by atoms with Crippen molar-refractivity contribution in [1.29, 1.82) is 0 Å². The summed E-state index contributed by atoms with van der Waals surface area (Å²) in [7, 11) is 2.69. The predicted molar refractivity (Wildman–Crippen MR) is 160 cm³/mol. The minimum absolute atomic E-state index is 0.0139. The highest BCUT2D eigenvalue weighted by atomic mass is 16.6. The number of carbonyl (C=O) groups excluding carboxylic acids is 1. The minimum Gasteiger partial charge on any atom is -0.507 e. The molecule has 3 aromatic carbocycles. The average Bonchev–Trinajstić information content (AvgIpc) is 3.03. The summed E-state index contributed by atoms with van der Waals surface area (Å²) in [6, 6.07) is 10.5. The Balaban J connectivity index is 1.53. The zero-order valence-corrected chi connectivity index (χ0v) is 24.4. The topological polar surface area (TPSA) is 226 Å². The van der Waals surface area contributed by atoms with Gasteiger partial charge in [0.05, 0.1) is 26.4 Å². The zero-order chi connectivity index (χ0) is 33.3. The van der Waals surface area contributed by atoms with Crippen LogP contribution in [0.1, 0.15) is 17.2 Å². The Morgan fingerprint density at radius 1 is 0.891 bits per heavy atom. The van der Waals surface area contributed by atoms with E-state index in [1.165, 1.54) is 56.7 Å². The molecule has 0 unspecified atom stereocenters. The van der Waals surface area contributed by atoms with Crippen LogP contribution in [0.25, 0.3) is 28.4 Å². The van der Waals surface area contributed by atoms with Crippen LogP contribution in [0.15, 0.2) is 63.8 Å². The van der Waals surface area contributed by atoms with E-state index < -0.39 is 71.0 Å². The fourth-order valence-electron chi connectivity index (χ4n) is 5.15. The number of methoxy groups -OCH3 is 2. The summed E-state index contributed by atoms with van der Waals surface area (Å²) in [5.74, 6) is -2.56. The third-order valence-electron chi connectivity index (χ3n) is 7.49. The quantitative estimate of drug-likeness (QED) is 0.108. The molecule has 0 spiro atoms. The number of aromatic hydroxyl groups is 4. The van der Waals surface area contributed by atoms with E-state index in [0.717, 1.165) is 18.2 Å². The maximum Gasteiger partial charge on any atom is 0.331 e. The number of fused-ring (bicyclic) bond motifs is 1. The van der Waals surface area contributed by atoms with E-state index in [1.807, 2.05) is 0 Å². The number of ether oxygens (including phenoxy) is 4. The van der Waals surface area contributed by atoms with E-state index in [-0.39, 0.29) is 34.3 Å². The molecule has 1 aliphatic rings. The first-order valence-corrected chi connectivity index (χ1v) is 13.8. The number of hydrogen-bond acceptors (Lipinski definition) is 14. The molecule has 0 aliphatic carbocycles. The first-order valence-electron chi connectivity index (χ1n) is 13.8. The number of rotatable bonds is 8.